The molecule has 0 aliphatic heterocycles. The fourth-order valence-corrected chi connectivity index (χ4v) is 2.59. The Labute approximate surface area is 145 Å². The number of aryl methyl sites for hydroxylation is 1. The van der Waals surface area contributed by atoms with Crippen molar-refractivity contribution in [1.29, 1.82) is 0 Å². The second-order valence-electron chi connectivity index (χ2n) is 5.25. The number of carbonyl (C=O) groups is 1. The van der Waals surface area contributed by atoms with Gasteiger partial charge in [-0.1, -0.05) is 24.3 Å². The second-order valence-corrected chi connectivity index (χ2v) is 6.32. The van der Waals surface area contributed by atoms with Gasteiger partial charge in [0.25, 0.3) is 0 Å². The molecule has 128 valence electrons. The van der Waals surface area contributed by atoms with Crippen LogP contribution in [-0.4, -0.2) is 29.3 Å². The third kappa shape index (κ3) is 5.06. The van der Waals surface area contributed by atoms with Crippen molar-refractivity contribution in [2.75, 3.05) is 12.4 Å². The first-order chi connectivity index (χ1) is 11.5. The molecule has 0 saturated carbocycles. The normalized spacial score (nSPS) is 11.0. The first-order valence-electron chi connectivity index (χ1n) is 7.68. The van der Waals surface area contributed by atoms with Crippen molar-refractivity contribution in [3.05, 3.63) is 34.8 Å². The molecule has 0 fully saturated rings. The van der Waals surface area contributed by atoms with E-state index in [1.807, 2.05) is 39.0 Å². The standard InChI is InChI=1S/C17H21N3O3S/c1-5-16-19-20-17(24-16)18-15(21)9-7-12-6-8-13(23-11(2)3)14(10-12)22-4/h6-11H,5H2,1-4H3,(H,18,20,21). The van der Waals surface area contributed by atoms with Crippen LogP contribution in [0, 0.1) is 0 Å². The summed E-state index contributed by atoms with van der Waals surface area (Å²) in [5, 5.41) is 12.0. The van der Waals surface area contributed by atoms with Crippen molar-refractivity contribution in [2.24, 2.45) is 0 Å². The van der Waals surface area contributed by atoms with Crippen LogP contribution in [0.3, 0.4) is 0 Å². The highest BCUT2D eigenvalue weighted by Gasteiger charge is 2.07. The van der Waals surface area contributed by atoms with Gasteiger partial charge in [0.15, 0.2) is 11.5 Å². The molecule has 0 aliphatic carbocycles. The Morgan fingerprint density at radius 3 is 2.75 bits per heavy atom. The number of hydrogen-bond donors (Lipinski definition) is 1. The number of anilines is 1. The summed E-state index contributed by atoms with van der Waals surface area (Å²) in [7, 11) is 1.59. The molecule has 1 amide bonds. The molecule has 6 nitrogen and oxygen atoms in total. The van der Waals surface area contributed by atoms with Crippen LogP contribution in [0.2, 0.25) is 0 Å². The summed E-state index contributed by atoms with van der Waals surface area (Å²) in [4.78, 5) is 11.9. The Morgan fingerprint density at radius 2 is 2.12 bits per heavy atom. The molecule has 1 N–H and O–H groups in total. The van der Waals surface area contributed by atoms with E-state index in [-0.39, 0.29) is 12.0 Å². The summed E-state index contributed by atoms with van der Waals surface area (Å²) in [5.74, 6) is 1.05. The van der Waals surface area contributed by atoms with E-state index in [0.29, 0.717) is 16.6 Å². The van der Waals surface area contributed by atoms with E-state index in [4.69, 9.17) is 9.47 Å². The third-order valence-electron chi connectivity index (χ3n) is 2.98. The van der Waals surface area contributed by atoms with Crippen molar-refractivity contribution < 1.29 is 14.3 Å². The molecule has 0 unspecified atom stereocenters. The number of amides is 1. The quantitative estimate of drug-likeness (QED) is 0.776. The number of methoxy groups -OCH3 is 1. The van der Waals surface area contributed by atoms with Crippen molar-refractivity contribution in [2.45, 2.75) is 33.3 Å². The highest BCUT2D eigenvalue weighted by molar-refractivity contribution is 7.15. The van der Waals surface area contributed by atoms with E-state index in [2.05, 4.69) is 15.5 Å². The summed E-state index contributed by atoms with van der Waals surface area (Å²) in [6.07, 6.45) is 4.02. The van der Waals surface area contributed by atoms with E-state index in [9.17, 15) is 4.79 Å². The number of nitrogens with zero attached hydrogens (tertiary/aromatic N) is 2. The van der Waals surface area contributed by atoms with Crippen LogP contribution in [0.25, 0.3) is 6.08 Å². The number of rotatable bonds is 7. The lowest BCUT2D eigenvalue weighted by molar-refractivity contribution is -0.111. The lowest BCUT2D eigenvalue weighted by Gasteiger charge is -2.13. The van der Waals surface area contributed by atoms with Gasteiger partial charge in [0.2, 0.25) is 11.0 Å². The molecule has 24 heavy (non-hydrogen) atoms. The van der Waals surface area contributed by atoms with Crippen molar-refractivity contribution in [1.82, 2.24) is 10.2 Å². The predicted octanol–water partition coefficient (Wildman–Crippen LogP) is 3.55. The highest BCUT2D eigenvalue weighted by atomic mass is 32.1. The van der Waals surface area contributed by atoms with Crippen LogP contribution < -0.4 is 14.8 Å². The molecular formula is C17H21N3O3S. The number of hydrogen-bond acceptors (Lipinski definition) is 6. The van der Waals surface area contributed by atoms with Gasteiger partial charge in [-0.2, -0.15) is 0 Å². The van der Waals surface area contributed by atoms with Gasteiger partial charge < -0.3 is 9.47 Å². The smallest absolute Gasteiger partial charge is 0.250 e. The lowest BCUT2D eigenvalue weighted by atomic mass is 10.2. The summed E-state index contributed by atoms with van der Waals surface area (Å²) >= 11 is 1.37. The van der Waals surface area contributed by atoms with Gasteiger partial charge in [0, 0.05) is 6.08 Å². The van der Waals surface area contributed by atoms with Crippen molar-refractivity contribution in [3.8, 4) is 11.5 Å². The zero-order valence-electron chi connectivity index (χ0n) is 14.2. The Balaban J connectivity index is 2.03. The molecular weight excluding hydrogens is 326 g/mol. The molecule has 1 aromatic heterocycles. The summed E-state index contributed by atoms with van der Waals surface area (Å²) in [6.45, 7) is 5.90. The Morgan fingerprint density at radius 1 is 1.33 bits per heavy atom. The first kappa shape index (κ1) is 17.9. The maximum Gasteiger partial charge on any atom is 0.250 e. The van der Waals surface area contributed by atoms with E-state index < -0.39 is 0 Å². The summed E-state index contributed by atoms with van der Waals surface area (Å²) in [6, 6.07) is 5.51. The Hall–Kier alpha value is -2.41. The van der Waals surface area contributed by atoms with Crippen molar-refractivity contribution in [3.63, 3.8) is 0 Å². The zero-order chi connectivity index (χ0) is 17.5. The molecule has 0 spiro atoms. The molecule has 0 atom stereocenters. The number of carbonyl (C=O) groups excluding carboxylic acids is 1. The van der Waals surface area contributed by atoms with Gasteiger partial charge >= 0.3 is 0 Å². The molecule has 7 heteroatoms. The van der Waals surface area contributed by atoms with E-state index in [1.54, 1.807) is 13.2 Å². The fourth-order valence-electron chi connectivity index (χ4n) is 1.91. The van der Waals surface area contributed by atoms with Crippen molar-refractivity contribution >= 4 is 28.5 Å². The van der Waals surface area contributed by atoms with Crippen LogP contribution in [0.15, 0.2) is 24.3 Å². The van der Waals surface area contributed by atoms with E-state index in [1.165, 1.54) is 17.4 Å². The minimum absolute atomic E-state index is 0.0611. The van der Waals surface area contributed by atoms with Gasteiger partial charge in [-0.25, -0.2) is 0 Å². The van der Waals surface area contributed by atoms with Gasteiger partial charge in [-0.05, 0) is 44.0 Å². The number of aromatic nitrogens is 2. The van der Waals surface area contributed by atoms with E-state index in [0.717, 1.165) is 17.0 Å². The predicted molar refractivity (Wildman–Crippen MR) is 95.7 cm³/mol. The molecule has 0 radical (unpaired) electrons. The molecule has 0 bridgehead atoms. The second kappa shape index (κ2) is 8.44. The minimum Gasteiger partial charge on any atom is -0.493 e. The molecule has 1 aromatic carbocycles. The highest BCUT2D eigenvalue weighted by Crippen LogP contribution is 2.29. The van der Waals surface area contributed by atoms with Crippen LogP contribution in [-0.2, 0) is 11.2 Å². The average molecular weight is 347 g/mol. The number of nitrogens with one attached hydrogen (secondary N) is 1. The van der Waals surface area contributed by atoms with Crippen LogP contribution in [0.1, 0.15) is 31.3 Å². The maximum atomic E-state index is 11.9. The van der Waals surface area contributed by atoms with Gasteiger partial charge in [0.1, 0.15) is 5.01 Å². The van der Waals surface area contributed by atoms with Gasteiger partial charge in [-0.15, -0.1) is 10.2 Å². The molecule has 2 rings (SSSR count). The Bertz CT molecular complexity index is 726. The largest absolute Gasteiger partial charge is 0.493 e. The third-order valence-corrected chi connectivity index (χ3v) is 3.96. The molecule has 1 heterocycles. The van der Waals surface area contributed by atoms with Crippen LogP contribution >= 0.6 is 11.3 Å². The molecule has 0 saturated heterocycles. The number of ether oxygens (including phenoxy) is 2. The fraction of sp³-hybridized carbons (Fsp3) is 0.353. The Kier molecular flexibility index (Phi) is 6.31. The number of benzene rings is 1. The monoisotopic (exact) mass is 347 g/mol. The first-order valence-corrected chi connectivity index (χ1v) is 8.49. The maximum absolute atomic E-state index is 11.9. The van der Waals surface area contributed by atoms with Gasteiger partial charge in [-0.3, -0.25) is 10.1 Å². The SMILES string of the molecule is CCc1nnc(NC(=O)C=Cc2ccc(OC(C)C)c(OC)c2)s1. The lowest BCUT2D eigenvalue weighted by Crippen LogP contribution is -2.07. The van der Waals surface area contributed by atoms with Crippen LogP contribution in [0.5, 0.6) is 11.5 Å². The van der Waals surface area contributed by atoms with Gasteiger partial charge in [0.05, 0.1) is 13.2 Å². The molecule has 0 aliphatic rings. The minimum atomic E-state index is -0.254. The zero-order valence-corrected chi connectivity index (χ0v) is 15.0. The molecule has 2 aromatic rings. The summed E-state index contributed by atoms with van der Waals surface area (Å²) in [5.41, 5.74) is 0.838. The average Bonchev–Trinajstić information content (AvgIpc) is 3.01. The topological polar surface area (TPSA) is 73.3 Å². The summed E-state index contributed by atoms with van der Waals surface area (Å²) < 4.78 is 11.0. The van der Waals surface area contributed by atoms with E-state index >= 15 is 0 Å². The van der Waals surface area contributed by atoms with Crippen LogP contribution in [0.4, 0.5) is 5.13 Å².